The van der Waals surface area contributed by atoms with Crippen molar-refractivity contribution in [1.29, 1.82) is 0 Å². The molecular weight excluding hydrogens is 312 g/mol. The Morgan fingerprint density at radius 2 is 1.91 bits per heavy atom. The Bertz CT molecular complexity index is 716. The highest BCUT2D eigenvalue weighted by Gasteiger charge is 2.27. The van der Waals surface area contributed by atoms with Gasteiger partial charge in [-0.3, -0.25) is 4.79 Å². The first-order valence-corrected chi connectivity index (χ1v) is 8.26. The number of likely N-dealkylation sites (tertiary alicyclic amines) is 1. The normalized spacial score (nSPS) is 21.4. The van der Waals surface area contributed by atoms with E-state index in [0.717, 1.165) is 25.1 Å². The Hall–Kier alpha value is -1.94. The maximum absolute atomic E-state index is 12.6. The SMILES string of the molecule is CC1CC(C)CN(C(=O)c2ccc(-c3ccc(Cl)c(N)c3)o2)C1. The zero-order valence-corrected chi connectivity index (χ0v) is 14.1. The summed E-state index contributed by atoms with van der Waals surface area (Å²) in [7, 11) is 0. The van der Waals surface area contributed by atoms with Gasteiger partial charge in [0.15, 0.2) is 5.76 Å². The molecule has 1 saturated heterocycles. The van der Waals surface area contributed by atoms with Gasteiger partial charge in [-0.1, -0.05) is 25.4 Å². The van der Waals surface area contributed by atoms with Gasteiger partial charge in [0, 0.05) is 18.7 Å². The van der Waals surface area contributed by atoms with Crippen LogP contribution in [0.3, 0.4) is 0 Å². The van der Waals surface area contributed by atoms with Crippen molar-refractivity contribution in [2.24, 2.45) is 11.8 Å². The Labute approximate surface area is 141 Å². The largest absolute Gasteiger partial charge is 0.451 e. The Balaban J connectivity index is 1.81. The molecule has 1 aromatic carbocycles. The average Bonchev–Trinajstić information content (AvgIpc) is 2.98. The predicted molar refractivity (Wildman–Crippen MR) is 92.4 cm³/mol. The quantitative estimate of drug-likeness (QED) is 0.834. The van der Waals surface area contributed by atoms with Gasteiger partial charge in [-0.05, 0) is 48.6 Å². The molecular formula is C18H21ClN2O2. The van der Waals surface area contributed by atoms with Crippen LogP contribution in [0.25, 0.3) is 11.3 Å². The van der Waals surface area contributed by atoms with Gasteiger partial charge in [0.2, 0.25) is 0 Å². The van der Waals surface area contributed by atoms with Crippen LogP contribution in [0.2, 0.25) is 5.02 Å². The lowest BCUT2D eigenvalue weighted by atomic mass is 9.92. The fraction of sp³-hybridized carbons (Fsp3) is 0.389. The summed E-state index contributed by atoms with van der Waals surface area (Å²) in [4.78, 5) is 14.5. The first kappa shape index (κ1) is 15.9. The van der Waals surface area contributed by atoms with Crippen LogP contribution in [0, 0.1) is 11.8 Å². The maximum Gasteiger partial charge on any atom is 0.289 e. The number of furan rings is 1. The lowest BCUT2D eigenvalue weighted by Gasteiger charge is -2.34. The van der Waals surface area contributed by atoms with E-state index in [4.69, 9.17) is 21.8 Å². The molecule has 2 unspecified atom stereocenters. The topological polar surface area (TPSA) is 59.5 Å². The van der Waals surface area contributed by atoms with E-state index in [-0.39, 0.29) is 5.91 Å². The van der Waals surface area contributed by atoms with Gasteiger partial charge in [-0.15, -0.1) is 0 Å². The van der Waals surface area contributed by atoms with Crippen LogP contribution in [-0.4, -0.2) is 23.9 Å². The molecule has 1 fully saturated rings. The lowest BCUT2D eigenvalue weighted by molar-refractivity contribution is 0.0592. The van der Waals surface area contributed by atoms with Gasteiger partial charge < -0.3 is 15.1 Å². The first-order valence-electron chi connectivity index (χ1n) is 7.88. The minimum Gasteiger partial charge on any atom is -0.451 e. The summed E-state index contributed by atoms with van der Waals surface area (Å²) < 4.78 is 5.76. The molecule has 1 aliphatic rings. The standard InChI is InChI=1S/C18H21ClN2O2/c1-11-7-12(2)10-21(9-11)18(22)17-6-5-16(23-17)13-3-4-14(19)15(20)8-13/h3-6,8,11-12H,7,9-10,20H2,1-2H3. The molecule has 122 valence electrons. The van der Waals surface area contributed by atoms with Gasteiger partial charge >= 0.3 is 0 Å². The Kier molecular flexibility index (Phi) is 4.35. The molecule has 0 saturated carbocycles. The minimum atomic E-state index is -0.0448. The van der Waals surface area contributed by atoms with E-state index < -0.39 is 0 Å². The molecule has 2 heterocycles. The molecule has 23 heavy (non-hydrogen) atoms. The number of nitrogens with zero attached hydrogens (tertiary/aromatic N) is 1. The van der Waals surface area contributed by atoms with Gasteiger partial charge in [-0.25, -0.2) is 0 Å². The summed E-state index contributed by atoms with van der Waals surface area (Å²) in [5.74, 6) is 1.99. The number of nitrogens with two attached hydrogens (primary N) is 1. The van der Waals surface area contributed by atoms with Crippen LogP contribution in [0.1, 0.15) is 30.8 Å². The second-order valence-corrected chi connectivity index (χ2v) is 6.96. The van der Waals surface area contributed by atoms with Crippen LogP contribution in [0.5, 0.6) is 0 Å². The summed E-state index contributed by atoms with van der Waals surface area (Å²) in [6.45, 7) is 5.93. The van der Waals surface area contributed by atoms with Crippen molar-refractivity contribution in [3.63, 3.8) is 0 Å². The van der Waals surface area contributed by atoms with Crippen LogP contribution in [-0.2, 0) is 0 Å². The maximum atomic E-state index is 12.6. The number of hydrogen-bond donors (Lipinski definition) is 1. The summed E-state index contributed by atoms with van der Waals surface area (Å²) >= 11 is 5.94. The summed E-state index contributed by atoms with van der Waals surface area (Å²) in [6.07, 6.45) is 1.16. The molecule has 2 N–H and O–H groups in total. The summed E-state index contributed by atoms with van der Waals surface area (Å²) in [5.41, 5.74) is 7.13. The van der Waals surface area contributed by atoms with Crippen LogP contribution in [0.4, 0.5) is 5.69 Å². The number of piperidine rings is 1. The van der Waals surface area contributed by atoms with Gasteiger partial charge in [0.05, 0.1) is 10.7 Å². The molecule has 1 amide bonds. The number of carbonyl (C=O) groups is 1. The van der Waals surface area contributed by atoms with Crippen molar-refractivity contribution < 1.29 is 9.21 Å². The number of anilines is 1. The van der Waals surface area contributed by atoms with Gasteiger partial charge in [0.25, 0.3) is 5.91 Å². The van der Waals surface area contributed by atoms with Crippen molar-refractivity contribution in [3.05, 3.63) is 41.1 Å². The molecule has 0 bridgehead atoms. The molecule has 1 aliphatic heterocycles. The van der Waals surface area contributed by atoms with Gasteiger partial charge in [0.1, 0.15) is 5.76 Å². The van der Waals surface area contributed by atoms with Crippen molar-refractivity contribution in [2.75, 3.05) is 18.8 Å². The third kappa shape index (κ3) is 3.37. The van der Waals surface area contributed by atoms with E-state index in [2.05, 4.69) is 13.8 Å². The van der Waals surface area contributed by atoms with E-state index >= 15 is 0 Å². The molecule has 0 radical (unpaired) electrons. The van der Waals surface area contributed by atoms with Crippen LogP contribution >= 0.6 is 11.6 Å². The fourth-order valence-electron chi connectivity index (χ4n) is 3.29. The zero-order valence-electron chi connectivity index (χ0n) is 13.4. The molecule has 0 aliphatic carbocycles. The van der Waals surface area contributed by atoms with E-state index in [9.17, 15) is 4.79 Å². The zero-order chi connectivity index (χ0) is 16.6. The van der Waals surface area contributed by atoms with Crippen molar-refractivity contribution in [3.8, 4) is 11.3 Å². The number of halogens is 1. The van der Waals surface area contributed by atoms with E-state index in [1.165, 1.54) is 0 Å². The van der Waals surface area contributed by atoms with Crippen molar-refractivity contribution in [2.45, 2.75) is 20.3 Å². The number of benzene rings is 1. The smallest absolute Gasteiger partial charge is 0.289 e. The number of carbonyl (C=O) groups excluding carboxylic acids is 1. The molecule has 3 rings (SSSR count). The van der Waals surface area contributed by atoms with Gasteiger partial charge in [-0.2, -0.15) is 0 Å². The molecule has 4 nitrogen and oxygen atoms in total. The number of hydrogen-bond acceptors (Lipinski definition) is 3. The first-order chi connectivity index (χ1) is 10.9. The molecule has 1 aromatic heterocycles. The van der Waals surface area contributed by atoms with Crippen LogP contribution in [0.15, 0.2) is 34.7 Å². The number of amides is 1. The van der Waals surface area contributed by atoms with Crippen molar-refractivity contribution in [1.82, 2.24) is 4.90 Å². The average molecular weight is 333 g/mol. The third-order valence-corrected chi connectivity index (χ3v) is 4.60. The minimum absolute atomic E-state index is 0.0448. The third-order valence-electron chi connectivity index (χ3n) is 4.25. The molecule has 2 aromatic rings. The Morgan fingerprint density at radius 1 is 1.22 bits per heavy atom. The Morgan fingerprint density at radius 3 is 2.57 bits per heavy atom. The van der Waals surface area contributed by atoms with E-state index in [1.54, 1.807) is 24.3 Å². The predicted octanol–water partition coefficient (Wildman–Crippen LogP) is 4.30. The molecule has 2 atom stereocenters. The lowest BCUT2D eigenvalue weighted by Crippen LogP contribution is -2.42. The highest BCUT2D eigenvalue weighted by Crippen LogP contribution is 2.29. The number of nitrogen functional groups attached to an aromatic ring is 1. The fourth-order valence-corrected chi connectivity index (χ4v) is 3.41. The second kappa shape index (κ2) is 6.28. The highest BCUT2D eigenvalue weighted by atomic mass is 35.5. The van der Waals surface area contributed by atoms with Crippen molar-refractivity contribution >= 4 is 23.2 Å². The summed E-state index contributed by atoms with van der Waals surface area (Å²) in [6, 6.07) is 8.83. The summed E-state index contributed by atoms with van der Waals surface area (Å²) in [5, 5.41) is 0.507. The molecule has 0 spiro atoms. The van der Waals surface area contributed by atoms with E-state index in [1.807, 2.05) is 11.0 Å². The monoisotopic (exact) mass is 332 g/mol. The van der Waals surface area contributed by atoms with Crippen LogP contribution < -0.4 is 5.73 Å². The second-order valence-electron chi connectivity index (χ2n) is 6.56. The molecule has 5 heteroatoms. The van der Waals surface area contributed by atoms with E-state index in [0.29, 0.717) is 34.1 Å². The number of rotatable bonds is 2. The highest BCUT2D eigenvalue weighted by molar-refractivity contribution is 6.33.